The quantitative estimate of drug-likeness (QED) is 0.864. The van der Waals surface area contributed by atoms with Crippen LogP contribution in [-0.4, -0.2) is 6.61 Å². The molecular formula is C15H26ClNO. The molecule has 0 aromatic heterocycles. The minimum atomic E-state index is 0. The summed E-state index contributed by atoms with van der Waals surface area (Å²) in [7, 11) is 0. The van der Waals surface area contributed by atoms with E-state index in [0.29, 0.717) is 12.5 Å². The minimum absolute atomic E-state index is 0. The lowest BCUT2D eigenvalue weighted by Crippen LogP contribution is -2.13. The van der Waals surface area contributed by atoms with Crippen molar-refractivity contribution in [3.05, 3.63) is 28.8 Å². The standard InChI is InChI=1S/C15H25NO.ClH/c1-6-14(16)13-8-11(5)15(17-7-2)9-12(13)10(3)4;/h8-10,14H,6-7,16H2,1-5H3;1H. The smallest absolute Gasteiger partial charge is 0.122 e. The van der Waals surface area contributed by atoms with Crippen LogP contribution in [0.1, 0.15) is 62.8 Å². The molecule has 18 heavy (non-hydrogen) atoms. The molecule has 1 aromatic carbocycles. The zero-order valence-corrected chi connectivity index (χ0v) is 12.9. The Labute approximate surface area is 117 Å². The number of ether oxygens (including phenoxy) is 1. The second-order valence-electron chi connectivity index (χ2n) is 4.85. The van der Waals surface area contributed by atoms with E-state index in [1.165, 1.54) is 16.7 Å². The lowest BCUT2D eigenvalue weighted by Gasteiger charge is -2.20. The van der Waals surface area contributed by atoms with Gasteiger partial charge in [0.05, 0.1) is 6.61 Å². The fourth-order valence-corrected chi connectivity index (χ4v) is 2.08. The van der Waals surface area contributed by atoms with Gasteiger partial charge < -0.3 is 10.5 Å². The van der Waals surface area contributed by atoms with Crippen LogP contribution in [0.25, 0.3) is 0 Å². The third-order valence-corrected chi connectivity index (χ3v) is 3.14. The first-order chi connectivity index (χ1) is 8.01. The summed E-state index contributed by atoms with van der Waals surface area (Å²) in [4.78, 5) is 0. The van der Waals surface area contributed by atoms with Gasteiger partial charge in [-0.15, -0.1) is 12.4 Å². The SMILES string of the molecule is CCOc1cc(C(C)C)c(C(N)CC)cc1C.Cl. The van der Waals surface area contributed by atoms with Gasteiger partial charge in [0.1, 0.15) is 5.75 Å². The van der Waals surface area contributed by atoms with E-state index in [0.717, 1.165) is 12.2 Å². The zero-order valence-electron chi connectivity index (χ0n) is 12.1. The van der Waals surface area contributed by atoms with Crippen LogP contribution in [0.2, 0.25) is 0 Å². The van der Waals surface area contributed by atoms with Gasteiger partial charge in [0.15, 0.2) is 0 Å². The molecule has 0 spiro atoms. The van der Waals surface area contributed by atoms with E-state index >= 15 is 0 Å². The number of halogens is 1. The molecule has 1 rings (SSSR count). The minimum Gasteiger partial charge on any atom is -0.494 e. The average Bonchev–Trinajstić information content (AvgIpc) is 2.30. The van der Waals surface area contributed by atoms with E-state index in [4.69, 9.17) is 10.5 Å². The summed E-state index contributed by atoms with van der Waals surface area (Å²) in [5.74, 6) is 1.46. The van der Waals surface area contributed by atoms with Crippen LogP contribution in [0.5, 0.6) is 5.75 Å². The molecule has 0 fully saturated rings. The van der Waals surface area contributed by atoms with Crippen molar-refractivity contribution in [3.63, 3.8) is 0 Å². The van der Waals surface area contributed by atoms with Crippen LogP contribution in [0.15, 0.2) is 12.1 Å². The van der Waals surface area contributed by atoms with Crippen molar-refractivity contribution in [1.29, 1.82) is 0 Å². The molecule has 1 atom stereocenters. The van der Waals surface area contributed by atoms with Crippen molar-refractivity contribution in [2.75, 3.05) is 6.61 Å². The molecule has 3 heteroatoms. The summed E-state index contributed by atoms with van der Waals surface area (Å²) in [5, 5.41) is 0. The van der Waals surface area contributed by atoms with E-state index in [1.54, 1.807) is 0 Å². The van der Waals surface area contributed by atoms with Crippen LogP contribution in [-0.2, 0) is 0 Å². The highest BCUT2D eigenvalue weighted by atomic mass is 35.5. The van der Waals surface area contributed by atoms with Crippen LogP contribution >= 0.6 is 12.4 Å². The maximum absolute atomic E-state index is 6.18. The van der Waals surface area contributed by atoms with E-state index in [9.17, 15) is 0 Å². The van der Waals surface area contributed by atoms with Crippen LogP contribution in [0, 0.1) is 6.92 Å². The van der Waals surface area contributed by atoms with Gasteiger partial charge in [-0.1, -0.05) is 26.8 Å². The Hall–Kier alpha value is -0.730. The van der Waals surface area contributed by atoms with Gasteiger partial charge in [-0.2, -0.15) is 0 Å². The molecule has 0 bridgehead atoms. The first-order valence-corrected chi connectivity index (χ1v) is 6.54. The normalized spacial score (nSPS) is 12.2. The van der Waals surface area contributed by atoms with Gasteiger partial charge in [-0.05, 0) is 48.9 Å². The fourth-order valence-electron chi connectivity index (χ4n) is 2.08. The Morgan fingerprint density at radius 3 is 2.22 bits per heavy atom. The molecular weight excluding hydrogens is 246 g/mol. The number of hydrogen-bond acceptors (Lipinski definition) is 2. The maximum atomic E-state index is 6.18. The molecule has 0 aliphatic heterocycles. The number of rotatable bonds is 5. The third-order valence-electron chi connectivity index (χ3n) is 3.14. The summed E-state index contributed by atoms with van der Waals surface area (Å²) in [5.41, 5.74) is 9.94. The molecule has 2 nitrogen and oxygen atoms in total. The summed E-state index contributed by atoms with van der Waals surface area (Å²) in [6.07, 6.45) is 0.965. The fraction of sp³-hybridized carbons (Fsp3) is 0.600. The highest BCUT2D eigenvalue weighted by Gasteiger charge is 2.15. The molecule has 1 aromatic rings. The van der Waals surface area contributed by atoms with Gasteiger partial charge in [-0.25, -0.2) is 0 Å². The summed E-state index contributed by atoms with van der Waals surface area (Å²) in [6, 6.07) is 4.48. The first-order valence-electron chi connectivity index (χ1n) is 6.54. The summed E-state index contributed by atoms with van der Waals surface area (Å²) < 4.78 is 5.66. The summed E-state index contributed by atoms with van der Waals surface area (Å²) in [6.45, 7) is 11.3. The van der Waals surface area contributed by atoms with E-state index in [1.807, 2.05) is 6.92 Å². The van der Waals surface area contributed by atoms with Gasteiger partial charge in [-0.3, -0.25) is 0 Å². The van der Waals surface area contributed by atoms with Crippen molar-refractivity contribution in [2.24, 2.45) is 5.73 Å². The lowest BCUT2D eigenvalue weighted by molar-refractivity contribution is 0.337. The average molecular weight is 272 g/mol. The second-order valence-corrected chi connectivity index (χ2v) is 4.85. The molecule has 0 amide bonds. The zero-order chi connectivity index (χ0) is 13.0. The van der Waals surface area contributed by atoms with E-state index < -0.39 is 0 Å². The topological polar surface area (TPSA) is 35.2 Å². The van der Waals surface area contributed by atoms with Crippen LogP contribution < -0.4 is 10.5 Å². The highest BCUT2D eigenvalue weighted by Crippen LogP contribution is 2.32. The number of hydrogen-bond donors (Lipinski definition) is 1. The Morgan fingerprint density at radius 2 is 1.78 bits per heavy atom. The van der Waals surface area contributed by atoms with Gasteiger partial charge in [0.25, 0.3) is 0 Å². The molecule has 0 aliphatic rings. The second kappa shape index (κ2) is 7.65. The van der Waals surface area contributed by atoms with Crippen molar-refractivity contribution < 1.29 is 4.74 Å². The Kier molecular flexibility index (Phi) is 7.34. The molecule has 0 aliphatic carbocycles. The van der Waals surface area contributed by atoms with Crippen LogP contribution in [0.4, 0.5) is 0 Å². The Balaban J connectivity index is 0.00000289. The number of nitrogens with two attached hydrogens (primary N) is 1. The lowest BCUT2D eigenvalue weighted by atomic mass is 9.90. The van der Waals surface area contributed by atoms with Crippen molar-refractivity contribution in [1.82, 2.24) is 0 Å². The Bertz CT molecular complexity index is 377. The monoisotopic (exact) mass is 271 g/mol. The predicted octanol–water partition coefficient (Wildman–Crippen LogP) is 4.35. The third kappa shape index (κ3) is 3.89. The molecule has 2 N–H and O–H groups in total. The molecule has 104 valence electrons. The van der Waals surface area contributed by atoms with E-state index in [2.05, 4.69) is 39.8 Å². The van der Waals surface area contributed by atoms with E-state index in [-0.39, 0.29) is 18.4 Å². The maximum Gasteiger partial charge on any atom is 0.122 e. The largest absolute Gasteiger partial charge is 0.494 e. The molecule has 1 unspecified atom stereocenters. The van der Waals surface area contributed by atoms with Crippen molar-refractivity contribution in [2.45, 2.75) is 53.0 Å². The van der Waals surface area contributed by atoms with Crippen molar-refractivity contribution in [3.8, 4) is 5.75 Å². The van der Waals surface area contributed by atoms with Crippen LogP contribution in [0.3, 0.4) is 0 Å². The predicted molar refractivity (Wildman–Crippen MR) is 80.9 cm³/mol. The van der Waals surface area contributed by atoms with Crippen molar-refractivity contribution >= 4 is 12.4 Å². The number of aryl methyl sites for hydroxylation is 1. The summed E-state index contributed by atoms with van der Waals surface area (Å²) >= 11 is 0. The number of benzene rings is 1. The molecule has 0 radical (unpaired) electrons. The Morgan fingerprint density at radius 1 is 1.17 bits per heavy atom. The molecule has 0 heterocycles. The van der Waals surface area contributed by atoms with Gasteiger partial charge in [0.2, 0.25) is 0 Å². The highest BCUT2D eigenvalue weighted by molar-refractivity contribution is 5.85. The molecule has 0 saturated heterocycles. The van der Waals surface area contributed by atoms with Gasteiger partial charge >= 0.3 is 0 Å². The first kappa shape index (κ1) is 17.3. The van der Waals surface area contributed by atoms with Gasteiger partial charge in [0, 0.05) is 6.04 Å². The molecule has 0 saturated carbocycles.